The number of hydrogen-bond acceptors (Lipinski definition) is 4. The fourth-order valence-corrected chi connectivity index (χ4v) is 2.69. The van der Waals surface area contributed by atoms with Gasteiger partial charge in [0.1, 0.15) is 18.6 Å². The number of methoxy groups -OCH3 is 1. The van der Waals surface area contributed by atoms with Gasteiger partial charge < -0.3 is 14.2 Å². The predicted octanol–water partition coefficient (Wildman–Crippen LogP) is 4.71. The number of ether oxygens (including phenoxy) is 3. The molecule has 0 N–H and O–H groups in total. The Hall–Kier alpha value is -3.27. The summed E-state index contributed by atoms with van der Waals surface area (Å²) in [4.78, 5) is 10.9. The van der Waals surface area contributed by atoms with Gasteiger partial charge in [-0.05, 0) is 41.5 Å². The number of benzene rings is 3. The van der Waals surface area contributed by atoms with Gasteiger partial charge in [0.15, 0.2) is 11.5 Å². The zero-order valence-corrected chi connectivity index (χ0v) is 15.3. The molecule has 4 nitrogen and oxygen atoms in total. The Balaban J connectivity index is 1.55. The summed E-state index contributed by atoms with van der Waals surface area (Å²) < 4.78 is 17.0. The predicted molar refractivity (Wildman–Crippen MR) is 105 cm³/mol. The van der Waals surface area contributed by atoms with E-state index in [-0.39, 0.29) is 0 Å². The highest BCUT2D eigenvalue weighted by Gasteiger charge is 2.06. The van der Waals surface area contributed by atoms with Crippen molar-refractivity contribution in [3.63, 3.8) is 0 Å². The molecule has 0 unspecified atom stereocenters. The largest absolute Gasteiger partial charge is 0.493 e. The molecule has 3 aromatic rings. The van der Waals surface area contributed by atoms with E-state index in [2.05, 4.69) is 0 Å². The second kappa shape index (κ2) is 9.43. The highest BCUT2D eigenvalue weighted by molar-refractivity contribution is 5.76. The molecule has 4 heteroatoms. The van der Waals surface area contributed by atoms with Crippen LogP contribution in [0.4, 0.5) is 0 Å². The molecular formula is C23H22O4. The summed E-state index contributed by atoms with van der Waals surface area (Å²) in [5.74, 6) is 2.02. The molecule has 0 aromatic heterocycles. The summed E-state index contributed by atoms with van der Waals surface area (Å²) in [6.45, 7) is 1.04. The Morgan fingerprint density at radius 3 is 2.41 bits per heavy atom. The lowest BCUT2D eigenvalue weighted by atomic mass is 10.1. The van der Waals surface area contributed by atoms with Crippen molar-refractivity contribution >= 4 is 6.29 Å². The summed E-state index contributed by atoms with van der Waals surface area (Å²) in [6.07, 6.45) is 1.52. The van der Waals surface area contributed by atoms with Crippen LogP contribution < -0.4 is 14.2 Å². The lowest BCUT2D eigenvalue weighted by molar-refractivity contribution is 0.112. The van der Waals surface area contributed by atoms with E-state index in [1.165, 1.54) is 0 Å². The van der Waals surface area contributed by atoms with E-state index in [0.717, 1.165) is 29.6 Å². The molecule has 0 atom stereocenters. The standard InChI is InChI=1S/C23H22O4/c1-25-23-15-20(16-24)10-11-22(23)26-13-12-18-8-5-9-21(14-18)27-17-19-6-3-2-4-7-19/h2-11,14-16H,12-13,17H2,1H3. The van der Waals surface area contributed by atoms with Crippen LogP contribution in [-0.2, 0) is 13.0 Å². The zero-order valence-electron chi connectivity index (χ0n) is 15.3. The maximum absolute atomic E-state index is 10.9. The van der Waals surface area contributed by atoms with Crippen LogP contribution in [0.5, 0.6) is 17.2 Å². The van der Waals surface area contributed by atoms with Crippen molar-refractivity contribution in [1.82, 2.24) is 0 Å². The van der Waals surface area contributed by atoms with Crippen LogP contribution in [0, 0.1) is 0 Å². The van der Waals surface area contributed by atoms with Crippen molar-refractivity contribution in [1.29, 1.82) is 0 Å². The van der Waals surface area contributed by atoms with Crippen molar-refractivity contribution in [2.45, 2.75) is 13.0 Å². The van der Waals surface area contributed by atoms with Crippen molar-refractivity contribution in [3.8, 4) is 17.2 Å². The quantitative estimate of drug-likeness (QED) is 0.517. The second-order valence-corrected chi connectivity index (χ2v) is 6.05. The Bertz CT molecular complexity index is 875. The molecule has 0 aliphatic carbocycles. The lowest BCUT2D eigenvalue weighted by Gasteiger charge is -2.12. The number of rotatable bonds is 9. The van der Waals surface area contributed by atoms with E-state index in [4.69, 9.17) is 14.2 Å². The molecular weight excluding hydrogens is 340 g/mol. The van der Waals surface area contributed by atoms with Crippen molar-refractivity contribution in [3.05, 3.63) is 89.5 Å². The van der Waals surface area contributed by atoms with Crippen LogP contribution in [0.3, 0.4) is 0 Å². The van der Waals surface area contributed by atoms with Gasteiger partial charge in [0.25, 0.3) is 0 Å². The minimum absolute atomic E-state index is 0.499. The first-order valence-electron chi connectivity index (χ1n) is 8.80. The van der Waals surface area contributed by atoms with Crippen molar-refractivity contribution in [2.24, 2.45) is 0 Å². The first kappa shape index (κ1) is 18.5. The Morgan fingerprint density at radius 2 is 1.63 bits per heavy atom. The van der Waals surface area contributed by atoms with E-state index in [1.807, 2.05) is 54.6 Å². The van der Waals surface area contributed by atoms with Crippen LogP contribution in [0.15, 0.2) is 72.8 Å². The molecule has 27 heavy (non-hydrogen) atoms. The maximum Gasteiger partial charge on any atom is 0.161 e. The third-order valence-corrected chi connectivity index (χ3v) is 4.12. The van der Waals surface area contributed by atoms with Gasteiger partial charge in [-0.15, -0.1) is 0 Å². The molecule has 0 fully saturated rings. The van der Waals surface area contributed by atoms with E-state index in [1.54, 1.807) is 25.3 Å². The second-order valence-electron chi connectivity index (χ2n) is 6.05. The van der Waals surface area contributed by atoms with E-state index >= 15 is 0 Å². The zero-order chi connectivity index (χ0) is 18.9. The van der Waals surface area contributed by atoms with Crippen LogP contribution in [0.2, 0.25) is 0 Å². The summed E-state index contributed by atoms with van der Waals surface area (Å²) in [6, 6.07) is 23.2. The highest BCUT2D eigenvalue weighted by Crippen LogP contribution is 2.27. The fraction of sp³-hybridized carbons (Fsp3) is 0.174. The molecule has 0 amide bonds. The molecule has 0 aliphatic rings. The third kappa shape index (κ3) is 5.35. The van der Waals surface area contributed by atoms with Gasteiger partial charge in [-0.2, -0.15) is 0 Å². The number of carbonyl (C=O) groups excluding carboxylic acids is 1. The molecule has 3 aromatic carbocycles. The van der Waals surface area contributed by atoms with E-state index in [0.29, 0.717) is 30.3 Å². The Morgan fingerprint density at radius 1 is 0.815 bits per heavy atom. The molecule has 0 heterocycles. The van der Waals surface area contributed by atoms with Crippen LogP contribution in [0.25, 0.3) is 0 Å². The Labute approximate surface area is 159 Å². The first-order valence-corrected chi connectivity index (χ1v) is 8.80. The fourth-order valence-electron chi connectivity index (χ4n) is 2.69. The molecule has 0 saturated heterocycles. The number of aldehydes is 1. The summed E-state index contributed by atoms with van der Waals surface area (Å²) in [7, 11) is 1.56. The summed E-state index contributed by atoms with van der Waals surface area (Å²) in [5.41, 5.74) is 2.82. The topological polar surface area (TPSA) is 44.8 Å². The van der Waals surface area contributed by atoms with Gasteiger partial charge in [0.2, 0.25) is 0 Å². The van der Waals surface area contributed by atoms with Crippen LogP contribution in [0.1, 0.15) is 21.5 Å². The monoisotopic (exact) mass is 362 g/mol. The highest BCUT2D eigenvalue weighted by atomic mass is 16.5. The molecule has 3 rings (SSSR count). The summed E-state index contributed by atoms with van der Waals surface area (Å²) >= 11 is 0. The third-order valence-electron chi connectivity index (χ3n) is 4.12. The van der Waals surface area contributed by atoms with Gasteiger partial charge in [-0.1, -0.05) is 42.5 Å². The van der Waals surface area contributed by atoms with Crippen molar-refractivity contribution < 1.29 is 19.0 Å². The average molecular weight is 362 g/mol. The first-order chi connectivity index (χ1) is 13.3. The summed E-state index contributed by atoms with van der Waals surface area (Å²) in [5, 5.41) is 0. The van der Waals surface area contributed by atoms with Crippen LogP contribution >= 0.6 is 0 Å². The minimum Gasteiger partial charge on any atom is -0.493 e. The minimum atomic E-state index is 0.499. The van der Waals surface area contributed by atoms with E-state index < -0.39 is 0 Å². The number of carbonyl (C=O) groups is 1. The SMILES string of the molecule is COc1cc(C=O)ccc1OCCc1cccc(OCc2ccccc2)c1. The average Bonchev–Trinajstić information content (AvgIpc) is 2.73. The van der Waals surface area contributed by atoms with Gasteiger partial charge in [0.05, 0.1) is 13.7 Å². The molecule has 0 bridgehead atoms. The van der Waals surface area contributed by atoms with Gasteiger partial charge in [-0.3, -0.25) is 4.79 Å². The number of hydrogen-bond donors (Lipinski definition) is 0. The molecule has 138 valence electrons. The lowest BCUT2D eigenvalue weighted by Crippen LogP contribution is -2.03. The molecule has 0 aliphatic heterocycles. The van der Waals surface area contributed by atoms with Gasteiger partial charge in [-0.25, -0.2) is 0 Å². The normalized spacial score (nSPS) is 10.3. The molecule has 0 saturated carbocycles. The molecule has 0 spiro atoms. The van der Waals surface area contributed by atoms with Gasteiger partial charge >= 0.3 is 0 Å². The smallest absolute Gasteiger partial charge is 0.161 e. The van der Waals surface area contributed by atoms with Crippen molar-refractivity contribution in [2.75, 3.05) is 13.7 Å². The van der Waals surface area contributed by atoms with Gasteiger partial charge in [0, 0.05) is 12.0 Å². The van der Waals surface area contributed by atoms with Crippen LogP contribution in [-0.4, -0.2) is 20.0 Å². The molecule has 0 radical (unpaired) electrons. The van der Waals surface area contributed by atoms with E-state index in [9.17, 15) is 4.79 Å². The Kier molecular flexibility index (Phi) is 6.47. The maximum atomic E-state index is 10.9.